The lowest BCUT2D eigenvalue weighted by Gasteiger charge is -2.23. The summed E-state index contributed by atoms with van der Waals surface area (Å²) in [6.45, 7) is 4.95. The monoisotopic (exact) mass is 314 g/mol. The minimum atomic E-state index is -6.00. The zero-order valence-electron chi connectivity index (χ0n) is 10.3. The molecular weight excluding hydrogens is 304 g/mol. The van der Waals surface area contributed by atoms with E-state index in [0.29, 0.717) is 5.57 Å². The maximum absolute atomic E-state index is 12.0. The molecule has 1 aliphatic carbocycles. The lowest BCUT2D eigenvalue weighted by Crippen LogP contribution is -2.51. The van der Waals surface area contributed by atoms with E-state index in [1.165, 1.54) is 7.11 Å². The molecule has 0 spiro atoms. The van der Waals surface area contributed by atoms with Gasteiger partial charge in [0.05, 0.1) is 13.5 Å². The van der Waals surface area contributed by atoms with Crippen LogP contribution < -0.4 is 0 Å². The summed E-state index contributed by atoms with van der Waals surface area (Å²) in [5.41, 5.74) is 0.433. The zero-order chi connectivity index (χ0) is 16.6. The minimum absolute atomic E-state index is 0.347. The summed E-state index contributed by atoms with van der Waals surface area (Å²) in [7, 11) is 1.33. The smallest absolute Gasteiger partial charge is 0.378 e. The molecule has 1 saturated carbocycles. The molecule has 0 amide bonds. The normalized spacial score (nSPS) is 24.3. The van der Waals surface area contributed by atoms with Gasteiger partial charge in [-0.3, -0.25) is 0 Å². The minimum Gasteiger partial charge on any atom is -0.466 e. The van der Waals surface area contributed by atoms with Crippen molar-refractivity contribution in [2.24, 2.45) is 0 Å². The van der Waals surface area contributed by atoms with Gasteiger partial charge in [-0.2, -0.15) is 35.1 Å². The molecule has 20 heavy (non-hydrogen) atoms. The number of carbonyl (C=O) groups excluding carboxylic acids is 1. The lowest BCUT2D eigenvalue weighted by molar-refractivity contribution is -0.303. The highest BCUT2D eigenvalue weighted by Gasteiger charge is 2.88. The summed E-state index contributed by atoms with van der Waals surface area (Å²) in [5.74, 6) is -23.1. The van der Waals surface area contributed by atoms with E-state index >= 15 is 0 Å². The molecule has 0 bridgehead atoms. The Labute approximate surface area is 108 Å². The van der Waals surface area contributed by atoms with Gasteiger partial charge in [0.1, 0.15) is 0 Å². The van der Waals surface area contributed by atoms with Crippen molar-refractivity contribution in [1.29, 1.82) is 0 Å². The van der Waals surface area contributed by atoms with Crippen LogP contribution in [0.25, 0.3) is 0 Å². The van der Waals surface area contributed by atoms with Gasteiger partial charge >= 0.3 is 29.7 Å². The first kappa shape index (κ1) is 18.7. The molecule has 0 aliphatic heterocycles. The molecule has 0 heterocycles. The van der Waals surface area contributed by atoms with Crippen molar-refractivity contribution in [3.05, 3.63) is 12.2 Å². The number of esters is 1. The Morgan fingerprint density at radius 1 is 0.950 bits per heavy atom. The van der Waals surface area contributed by atoms with Gasteiger partial charge in [-0.15, -0.1) is 0 Å². The van der Waals surface area contributed by atoms with E-state index in [4.69, 9.17) is 0 Å². The average Bonchev–Trinajstić information content (AvgIpc) is 2.33. The fraction of sp³-hybridized carbons (Fsp3) is 0.700. The second-order valence-electron chi connectivity index (χ2n) is 4.01. The number of halogens is 8. The molecule has 1 aliphatic rings. The first-order valence-corrected chi connectivity index (χ1v) is 4.89. The van der Waals surface area contributed by atoms with Crippen LogP contribution in [-0.4, -0.2) is 36.8 Å². The van der Waals surface area contributed by atoms with E-state index < -0.39 is 30.1 Å². The van der Waals surface area contributed by atoms with E-state index in [0.717, 1.165) is 0 Å². The fourth-order valence-corrected chi connectivity index (χ4v) is 1.13. The van der Waals surface area contributed by atoms with Crippen LogP contribution in [0.1, 0.15) is 13.3 Å². The maximum Gasteiger partial charge on any atom is 0.378 e. The van der Waals surface area contributed by atoms with Crippen LogP contribution in [-0.2, 0) is 9.53 Å². The molecule has 0 aromatic heterocycles. The standard InChI is InChI=1S/C5H2F8.C5H8O2/c6-2(7)1-3(8,9)5(12,13)4(2,10)11;1-4(2)5(6)7-3/h1H2;1H2,2-3H3. The molecule has 0 aromatic rings. The number of alkyl halides is 8. The number of hydrogen-bond acceptors (Lipinski definition) is 2. The maximum atomic E-state index is 12.0. The molecule has 0 aromatic carbocycles. The molecule has 2 nitrogen and oxygen atoms in total. The molecule has 0 radical (unpaired) electrons. The van der Waals surface area contributed by atoms with Gasteiger partial charge in [0.15, 0.2) is 0 Å². The van der Waals surface area contributed by atoms with Crippen molar-refractivity contribution in [1.82, 2.24) is 0 Å². The van der Waals surface area contributed by atoms with Gasteiger partial charge in [0.25, 0.3) is 0 Å². The van der Waals surface area contributed by atoms with E-state index in [-0.39, 0.29) is 5.97 Å². The summed E-state index contributed by atoms with van der Waals surface area (Å²) in [5, 5.41) is 0. The number of ether oxygens (including phenoxy) is 1. The van der Waals surface area contributed by atoms with Crippen molar-refractivity contribution in [3.63, 3.8) is 0 Å². The first-order chi connectivity index (χ1) is 8.64. The zero-order valence-corrected chi connectivity index (χ0v) is 10.3. The van der Waals surface area contributed by atoms with Crippen LogP contribution in [0.3, 0.4) is 0 Å². The van der Waals surface area contributed by atoms with Crippen molar-refractivity contribution in [3.8, 4) is 0 Å². The van der Waals surface area contributed by atoms with Gasteiger partial charge in [-0.05, 0) is 6.92 Å². The molecule has 10 heteroatoms. The van der Waals surface area contributed by atoms with Crippen LogP contribution in [0.15, 0.2) is 12.2 Å². The summed E-state index contributed by atoms with van der Waals surface area (Å²) < 4.78 is 100. The number of rotatable bonds is 1. The van der Waals surface area contributed by atoms with Crippen molar-refractivity contribution < 1.29 is 44.7 Å². The van der Waals surface area contributed by atoms with Crippen LogP contribution in [0.5, 0.6) is 0 Å². The highest BCUT2D eigenvalue weighted by Crippen LogP contribution is 2.62. The van der Waals surface area contributed by atoms with Gasteiger partial charge in [0, 0.05) is 5.57 Å². The third-order valence-electron chi connectivity index (χ3n) is 2.29. The summed E-state index contributed by atoms with van der Waals surface area (Å²) in [6, 6.07) is 0. The van der Waals surface area contributed by atoms with E-state index in [9.17, 15) is 39.9 Å². The van der Waals surface area contributed by atoms with Crippen molar-refractivity contribution >= 4 is 5.97 Å². The molecule has 1 rings (SSSR count). The van der Waals surface area contributed by atoms with Crippen molar-refractivity contribution in [2.75, 3.05) is 7.11 Å². The highest BCUT2D eigenvalue weighted by atomic mass is 19.4. The molecule has 0 atom stereocenters. The largest absolute Gasteiger partial charge is 0.466 e. The third kappa shape index (κ3) is 2.88. The van der Waals surface area contributed by atoms with Gasteiger partial charge in [0.2, 0.25) is 0 Å². The van der Waals surface area contributed by atoms with Crippen LogP contribution >= 0.6 is 0 Å². The fourth-order valence-electron chi connectivity index (χ4n) is 1.13. The molecule has 0 N–H and O–H groups in total. The van der Waals surface area contributed by atoms with Crippen LogP contribution in [0, 0.1) is 0 Å². The number of hydrogen-bond donors (Lipinski definition) is 0. The highest BCUT2D eigenvalue weighted by molar-refractivity contribution is 5.86. The van der Waals surface area contributed by atoms with E-state index in [1.54, 1.807) is 6.92 Å². The summed E-state index contributed by atoms with van der Waals surface area (Å²) >= 11 is 0. The third-order valence-corrected chi connectivity index (χ3v) is 2.29. The number of carbonyl (C=O) groups is 1. The van der Waals surface area contributed by atoms with Gasteiger partial charge < -0.3 is 4.74 Å². The average molecular weight is 314 g/mol. The quantitative estimate of drug-likeness (QED) is 0.419. The Bertz CT molecular complexity index is 378. The topological polar surface area (TPSA) is 26.3 Å². The van der Waals surface area contributed by atoms with E-state index in [1.807, 2.05) is 0 Å². The molecule has 0 unspecified atom stereocenters. The SMILES string of the molecule is C=C(C)C(=O)OC.FC1(F)CC(F)(F)C(F)(F)C1(F)F. The second-order valence-corrected chi connectivity index (χ2v) is 4.01. The Morgan fingerprint density at radius 2 is 1.25 bits per heavy atom. The Balaban J connectivity index is 0.000000441. The predicted octanol–water partition coefficient (Wildman–Crippen LogP) is 3.67. The van der Waals surface area contributed by atoms with Gasteiger partial charge in [-0.25, -0.2) is 4.79 Å². The van der Waals surface area contributed by atoms with Gasteiger partial charge in [-0.1, -0.05) is 6.58 Å². The Hall–Kier alpha value is -1.35. The molecule has 1 fully saturated rings. The summed E-state index contributed by atoms with van der Waals surface area (Å²) in [4.78, 5) is 10.2. The van der Waals surface area contributed by atoms with E-state index in [2.05, 4.69) is 11.3 Å². The lowest BCUT2D eigenvalue weighted by atomic mass is 10.2. The Kier molecular flexibility index (Phi) is 4.86. The van der Waals surface area contributed by atoms with Crippen molar-refractivity contribution in [2.45, 2.75) is 37.0 Å². The molecular formula is C10H10F8O2. The predicted molar refractivity (Wildman–Crippen MR) is 51.2 cm³/mol. The van der Waals surface area contributed by atoms with Crippen LogP contribution in [0.4, 0.5) is 35.1 Å². The first-order valence-electron chi connectivity index (χ1n) is 4.89. The molecule has 0 saturated heterocycles. The molecule has 118 valence electrons. The Morgan fingerprint density at radius 3 is 1.30 bits per heavy atom. The number of methoxy groups -OCH3 is 1. The summed E-state index contributed by atoms with van der Waals surface area (Å²) in [6.07, 6.45) is -2.83. The van der Waals surface area contributed by atoms with Crippen LogP contribution in [0.2, 0.25) is 0 Å². The second kappa shape index (κ2) is 5.21.